The molecular weight excluding hydrogens is 244 g/mol. The lowest BCUT2D eigenvalue weighted by molar-refractivity contribution is 0.304. The van der Waals surface area contributed by atoms with Crippen LogP contribution in [0.5, 0.6) is 0 Å². The van der Waals surface area contributed by atoms with Gasteiger partial charge in [0.1, 0.15) is 11.6 Å². The zero-order valence-electron chi connectivity index (χ0n) is 9.63. The van der Waals surface area contributed by atoms with Crippen LogP contribution in [0.3, 0.4) is 0 Å². The Morgan fingerprint density at radius 2 is 2.00 bits per heavy atom. The Hall–Kier alpha value is -0.670. The number of nitrogens with zero attached hydrogens (tertiary/aromatic N) is 1. The normalized spacial score (nSPS) is 21.0. The second-order valence-corrected chi connectivity index (χ2v) is 4.95. The fraction of sp³-hybridized carbons (Fsp3) is 0.538. The SMILES string of the molecule is Fc1cccc(F)c1CN1CCC(CCCl)C1. The van der Waals surface area contributed by atoms with E-state index in [1.807, 2.05) is 0 Å². The summed E-state index contributed by atoms with van der Waals surface area (Å²) in [5.74, 6) is 0.325. The second-order valence-electron chi connectivity index (χ2n) is 4.57. The first-order chi connectivity index (χ1) is 8.20. The number of benzene rings is 1. The van der Waals surface area contributed by atoms with Crippen LogP contribution in [0, 0.1) is 17.6 Å². The summed E-state index contributed by atoms with van der Waals surface area (Å²) in [6, 6.07) is 4.02. The molecule has 1 nitrogen and oxygen atoms in total. The molecule has 94 valence electrons. The van der Waals surface area contributed by atoms with Gasteiger partial charge in [0.25, 0.3) is 0 Å². The predicted molar refractivity (Wildman–Crippen MR) is 65.1 cm³/mol. The van der Waals surface area contributed by atoms with Crippen LogP contribution < -0.4 is 0 Å². The smallest absolute Gasteiger partial charge is 0.130 e. The van der Waals surface area contributed by atoms with Crippen molar-refractivity contribution in [1.29, 1.82) is 0 Å². The van der Waals surface area contributed by atoms with Gasteiger partial charge in [0.05, 0.1) is 0 Å². The van der Waals surface area contributed by atoms with Crippen molar-refractivity contribution in [3.8, 4) is 0 Å². The quantitative estimate of drug-likeness (QED) is 0.749. The first-order valence-corrected chi connectivity index (χ1v) is 6.45. The molecule has 0 saturated carbocycles. The first-order valence-electron chi connectivity index (χ1n) is 5.92. The second kappa shape index (κ2) is 5.78. The fourth-order valence-electron chi connectivity index (χ4n) is 2.35. The maximum atomic E-state index is 13.5. The molecule has 0 bridgehead atoms. The summed E-state index contributed by atoms with van der Waals surface area (Å²) in [5, 5.41) is 0. The Morgan fingerprint density at radius 1 is 1.29 bits per heavy atom. The van der Waals surface area contributed by atoms with E-state index in [1.165, 1.54) is 18.2 Å². The summed E-state index contributed by atoms with van der Waals surface area (Å²) in [6.45, 7) is 2.15. The Morgan fingerprint density at radius 3 is 2.65 bits per heavy atom. The minimum Gasteiger partial charge on any atom is -0.299 e. The van der Waals surface area contributed by atoms with Crippen LogP contribution in [0.4, 0.5) is 8.78 Å². The zero-order chi connectivity index (χ0) is 12.3. The van der Waals surface area contributed by atoms with E-state index in [1.54, 1.807) is 0 Å². The van der Waals surface area contributed by atoms with Crippen molar-refractivity contribution in [3.05, 3.63) is 35.4 Å². The summed E-state index contributed by atoms with van der Waals surface area (Å²) >= 11 is 5.70. The van der Waals surface area contributed by atoms with Gasteiger partial charge in [0.2, 0.25) is 0 Å². The molecule has 1 aromatic carbocycles. The van der Waals surface area contributed by atoms with Crippen molar-refractivity contribution >= 4 is 11.6 Å². The van der Waals surface area contributed by atoms with E-state index >= 15 is 0 Å². The summed E-state index contributed by atoms with van der Waals surface area (Å²) in [6.07, 6.45) is 2.06. The van der Waals surface area contributed by atoms with Gasteiger partial charge in [-0.25, -0.2) is 8.78 Å². The van der Waals surface area contributed by atoms with Gasteiger partial charge in [-0.2, -0.15) is 0 Å². The molecule has 1 atom stereocenters. The van der Waals surface area contributed by atoms with E-state index < -0.39 is 11.6 Å². The molecule has 1 aliphatic rings. The Balaban J connectivity index is 1.98. The maximum absolute atomic E-state index is 13.5. The number of rotatable bonds is 4. The number of alkyl halides is 1. The molecule has 0 radical (unpaired) electrons. The predicted octanol–water partition coefficient (Wildman–Crippen LogP) is 3.42. The molecule has 1 aromatic rings. The number of likely N-dealkylation sites (tertiary alicyclic amines) is 1. The number of hydrogen-bond donors (Lipinski definition) is 0. The van der Waals surface area contributed by atoms with Crippen molar-refractivity contribution < 1.29 is 8.78 Å². The highest BCUT2D eigenvalue weighted by Gasteiger charge is 2.23. The molecule has 1 aliphatic heterocycles. The Labute approximate surface area is 105 Å². The molecule has 4 heteroatoms. The Kier molecular flexibility index (Phi) is 4.35. The van der Waals surface area contributed by atoms with Crippen LogP contribution in [0.15, 0.2) is 18.2 Å². The van der Waals surface area contributed by atoms with Gasteiger partial charge in [-0.05, 0) is 37.4 Å². The van der Waals surface area contributed by atoms with Crippen LogP contribution in [0.25, 0.3) is 0 Å². The van der Waals surface area contributed by atoms with E-state index in [-0.39, 0.29) is 5.56 Å². The van der Waals surface area contributed by atoms with Crippen molar-refractivity contribution in [2.24, 2.45) is 5.92 Å². The van der Waals surface area contributed by atoms with E-state index in [4.69, 9.17) is 11.6 Å². The van der Waals surface area contributed by atoms with Crippen LogP contribution in [0.1, 0.15) is 18.4 Å². The monoisotopic (exact) mass is 259 g/mol. The summed E-state index contributed by atoms with van der Waals surface area (Å²) < 4.78 is 26.9. The molecule has 2 rings (SSSR count). The van der Waals surface area contributed by atoms with Crippen molar-refractivity contribution in [2.45, 2.75) is 19.4 Å². The number of hydrogen-bond acceptors (Lipinski definition) is 1. The van der Waals surface area contributed by atoms with Gasteiger partial charge in [0, 0.05) is 24.5 Å². The van der Waals surface area contributed by atoms with Crippen LogP contribution >= 0.6 is 11.6 Å². The highest BCUT2D eigenvalue weighted by atomic mass is 35.5. The first kappa shape index (κ1) is 12.8. The lowest BCUT2D eigenvalue weighted by atomic mass is 10.1. The largest absolute Gasteiger partial charge is 0.299 e. The lowest BCUT2D eigenvalue weighted by Crippen LogP contribution is -2.21. The van der Waals surface area contributed by atoms with Crippen LogP contribution in [-0.2, 0) is 6.54 Å². The lowest BCUT2D eigenvalue weighted by Gasteiger charge is -2.16. The third-order valence-electron chi connectivity index (χ3n) is 3.33. The standard InChI is InChI=1S/C13H16ClF2N/c14-6-4-10-5-7-17(8-10)9-11-12(15)2-1-3-13(11)16/h1-3,10H,4-9H2. The average molecular weight is 260 g/mol. The van der Waals surface area contributed by atoms with E-state index in [2.05, 4.69) is 4.90 Å². The topological polar surface area (TPSA) is 3.24 Å². The van der Waals surface area contributed by atoms with Gasteiger partial charge >= 0.3 is 0 Å². The maximum Gasteiger partial charge on any atom is 0.130 e. The van der Waals surface area contributed by atoms with Gasteiger partial charge in [-0.15, -0.1) is 11.6 Å². The fourth-order valence-corrected chi connectivity index (χ4v) is 2.66. The third kappa shape index (κ3) is 3.17. The Bertz CT molecular complexity index is 363. The van der Waals surface area contributed by atoms with E-state index in [9.17, 15) is 8.78 Å². The van der Waals surface area contributed by atoms with Gasteiger partial charge in [-0.1, -0.05) is 6.07 Å². The molecule has 1 fully saturated rings. The molecule has 1 unspecified atom stereocenters. The van der Waals surface area contributed by atoms with Gasteiger partial charge in [-0.3, -0.25) is 4.90 Å². The van der Waals surface area contributed by atoms with Crippen molar-refractivity contribution in [2.75, 3.05) is 19.0 Å². The summed E-state index contributed by atoms with van der Waals surface area (Å²) in [4.78, 5) is 2.10. The summed E-state index contributed by atoms with van der Waals surface area (Å²) in [5.41, 5.74) is 0.180. The molecule has 0 N–H and O–H groups in total. The molecule has 0 amide bonds. The van der Waals surface area contributed by atoms with Crippen molar-refractivity contribution in [1.82, 2.24) is 4.90 Å². The average Bonchev–Trinajstić information content (AvgIpc) is 2.72. The molecule has 0 aromatic heterocycles. The molecule has 0 spiro atoms. The highest BCUT2D eigenvalue weighted by molar-refractivity contribution is 6.17. The van der Waals surface area contributed by atoms with Crippen molar-refractivity contribution in [3.63, 3.8) is 0 Å². The van der Waals surface area contributed by atoms with Crippen LogP contribution in [-0.4, -0.2) is 23.9 Å². The molecule has 1 heterocycles. The van der Waals surface area contributed by atoms with Crippen LogP contribution in [0.2, 0.25) is 0 Å². The zero-order valence-corrected chi connectivity index (χ0v) is 10.4. The minimum atomic E-state index is -0.453. The van der Waals surface area contributed by atoms with E-state index in [0.29, 0.717) is 18.3 Å². The minimum absolute atomic E-state index is 0.180. The molecule has 1 saturated heterocycles. The number of halogens is 3. The highest BCUT2D eigenvalue weighted by Crippen LogP contribution is 2.23. The molecule has 0 aliphatic carbocycles. The molecule has 17 heavy (non-hydrogen) atoms. The van der Waals surface area contributed by atoms with E-state index in [0.717, 1.165) is 25.9 Å². The third-order valence-corrected chi connectivity index (χ3v) is 3.55. The van der Waals surface area contributed by atoms with Gasteiger partial charge in [0.15, 0.2) is 0 Å². The molecular formula is C13H16ClF2N. The van der Waals surface area contributed by atoms with Gasteiger partial charge < -0.3 is 0 Å². The summed E-state index contributed by atoms with van der Waals surface area (Å²) in [7, 11) is 0.